The molecule has 1 saturated heterocycles. The quantitative estimate of drug-likeness (QED) is 0.796. The standard InChI is InChI=1S/C17H24ClNO4S/c1-11(2)14-8-15(18)12(3)7-16(14)23-9-17(20)19(4)13-5-6-24(21,22)10-13/h7-8,11,13H,5-6,9-10H2,1-4H3. The van der Waals surface area contributed by atoms with E-state index < -0.39 is 9.84 Å². The molecule has 1 amide bonds. The molecule has 1 unspecified atom stereocenters. The van der Waals surface area contributed by atoms with Crippen LogP contribution in [0.15, 0.2) is 12.1 Å². The molecule has 0 bridgehead atoms. The lowest BCUT2D eigenvalue weighted by Gasteiger charge is -2.24. The third kappa shape index (κ3) is 4.42. The van der Waals surface area contributed by atoms with Crippen LogP contribution in [0.2, 0.25) is 5.02 Å². The van der Waals surface area contributed by atoms with Crippen molar-refractivity contribution in [1.82, 2.24) is 4.90 Å². The molecule has 0 radical (unpaired) electrons. The number of amides is 1. The van der Waals surface area contributed by atoms with Gasteiger partial charge < -0.3 is 9.64 Å². The normalized spacial score (nSPS) is 19.5. The van der Waals surface area contributed by atoms with E-state index in [1.54, 1.807) is 7.05 Å². The van der Waals surface area contributed by atoms with Crippen molar-refractivity contribution in [2.75, 3.05) is 25.2 Å². The lowest BCUT2D eigenvalue weighted by Crippen LogP contribution is -2.40. The van der Waals surface area contributed by atoms with E-state index in [4.69, 9.17) is 16.3 Å². The Labute approximate surface area is 148 Å². The van der Waals surface area contributed by atoms with Crippen LogP contribution in [0.3, 0.4) is 0 Å². The number of sulfone groups is 1. The minimum Gasteiger partial charge on any atom is -0.483 e. The van der Waals surface area contributed by atoms with Crippen LogP contribution in [0.4, 0.5) is 0 Å². The van der Waals surface area contributed by atoms with Gasteiger partial charge in [0.15, 0.2) is 16.4 Å². The summed E-state index contributed by atoms with van der Waals surface area (Å²) in [5.74, 6) is 0.814. The SMILES string of the molecule is Cc1cc(OCC(=O)N(C)C2CCS(=O)(=O)C2)c(C(C)C)cc1Cl. The molecule has 0 N–H and O–H groups in total. The largest absolute Gasteiger partial charge is 0.483 e. The summed E-state index contributed by atoms with van der Waals surface area (Å²) in [5, 5.41) is 0.672. The predicted octanol–water partition coefficient (Wildman–Crippen LogP) is 2.80. The molecular formula is C17H24ClNO4S. The number of hydrogen-bond donors (Lipinski definition) is 0. The first-order chi connectivity index (χ1) is 11.1. The number of aryl methyl sites for hydroxylation is 1. The van der Waals surface area contributed by atoms with Gasteiger partial charge in [-0.2, -0.15) is 0 Å². The average Bonchev–Trinajstić information content (AvgIpc) is 2.86. The fraction of sp³-hybridized carbons (Fsp3) is 0.588. The van der Waals surface area contributed by atoms with Crippen molar-refractivity contribution in [1.29, 1.82) is 0 Å². The van der Waals surface area contributed by atoms with Gasteiger partial charge in [0.25, 0.3) is 5.91 Å². The number of rotatable bonds is 5. The lowest BCUT2D eigenvalue weighted by atomic mass is 10.0. The van der Waals surface area contributed by atoms with Crippen LogP contribution >= 0.6 is 11.6 Å². The van der Waals surface area contributed by atoms with Gasteiger partial charge in [0.05, 0.1) is 11.5 Å². The van der Waals surface area contributed by atoms with Crippen molar-refractivity contribution >= 4 is 27.3 Å². The Balaban J connectivity index is 2.05. The molecule has 2 rings (SSSR count). The third-order valence-electron chi connectivity index (χ3n) is 4.41. The summed E-state index contributed by atoms with van der Waals surface area (Å²) < 4.78 is 28.8. The van der Waals surface area contributed by atoms with E-state index in [1.807, 2.05) is 32.9 Å². The van der Waals surface area contributed by atoms with Gasteiger partial charge in [0, 0.05) is 18.1 Å². The predicted molar refractivity (Wildman–Crippen MR) is 95.6 cm³/mol. The maximum Gasteiger partial charge on any atom is 0.260 e. The first-order valence-corrected chi connectivity index (χ1v) is 10.2. The van der Waals surface area contributed by atoms with Gasteiger partial charge in [-0.3, -0.25) is 4.79 Å². The van der Waals surface area contributed by atoms with Crippen molar-refractivity contribution in [3.05, 3.63) is 28.3 Å². The van der Waals surface area contributed by atoms with Gasteiger partial charge in [0.2, 0.25) is 0 Å². The molecule has 1 fully saturated rings. The first kappa shape index (κ1) is 19.1. The highest BCUT2D eigenvalue weighted by Crippen LogP contribution is 2.32. The Morgan fingerprint density at radius 1 is 1.42 bits per heavy atom. The zero-order chi connectivity index (χ0) is 18.1. The molecule has 24 heavy (non-hydrogen) atoms. The Hall–Kier alpha value is -1.27. The molecule has 1 aliphatic rings. The van der Waals surface area contributed by atoms with Crippen molar-refractivity contribution in [2.24, 2.45) is 0 Å². The second-order valence-corrected chi connectivity index (χ2v) is 9.28. The molecule has 1 atom stereocenters. The topological polar surface area (TPSA) is 63.7 Å². The summed E-state index contributed by atoms with van der Waals surface area (Å²) >= 11 is 6.17. The zero-order valence-corrected chi connectivity index (χ0v) is 16.1. The van der Waals surface area contributed by atoms with Gasteiger partial charge in [-0.05, 0) is 42.5 Å². The zero-order valence-electron chi connectivity index (χ0n) is 14.5. The molecular weight excluding hydrogens is 350 g/mol. The van der Waals surface area contributed by atoms with Crippen LogP contribution in [-0.4, -0.2) is 50.4 Å². The average molecular weight is 374 g/mol. The molecule has 0 aromatic heterocycles. The monoisotopic (exact) mass is 373 g/mol. The molecule has 1 heterocycles. The van der Waals surface area contributed by atoms with E-state index >= 15 is 0 Å². The number of benzene rings is 1. The first-order valence-electron chi connectivity index (χ1n) is 7.99. The van der Waals surface area contributed by atoms with Crippen LogP contribution in [0.25, 0.3) is 0 Å². The fourth-order valence-electron chi connectivity index (χ4n) is 2.77. The summed E-state index contributed by atoms with van der Waals surface area (Å²) in [6, 6.07) is 3.45. The highest BCUT2D eigenvalue weighted by molar-refractivity contribution is 7.91. The number of ether oxygens (including phenoxy) is 1. The number of carbonyl (C=O) groups is 1. The summed E-state index contributed by atoms with van der Waals surface area (Å²) in [6.07, 6.45) is 0.488. The molecule has 1 aromatic carbocycles. The van der Waals surface area contributed by atoms with Gasteiger partial charge in [-0.15, -0.1) is 0 Å². The maximum atomic E-state index is 12.3. The summed E-state index contributed by atoms with van der Waals surface area (Å²) in [4.78, 5) is 13.8. The fourth-order valence-corrected chi connectivity index (χ4v) is 4.72. The van der Waals surface area contributed by atoms with Gasteiger partial charge in [-0.1, -0.05) is 25.4 Å². The van der Waals surface area contributed by atoms with E-state index in [9.17, 15) is 13.2 Å². The Morgan fingerprint density at radius 2 is 2.08 bits per heavy atom. The van der Waals surface area contributed by atoms with Crippen molar-refractivity contribution in [3.8, 4) is 5.75 Å². The van der Waals surface area contributed by atoms with Gasteiger partial charge in [-0.25, -0.2) is 8.42 Å². The van der Waals surface area contributed by atoms with E-state index in [1.165, 1.54) is 4.90 Å². The lowest BCUT2D eigenvalue weighted by molar-refractivity contribution is -0.133. The van der Waals surface area contributed by atoms with Crippen LogP contribution < -0.4 is 4.74 Å². The Kier molecular flexibility index (Phi) is 5.81. The Morgan fingerprint density at radius 3 is 2.62 bits per heavy atom. The number of halogens is 1. The number of likely N-dealkylation sites (N-methyl/N-ethyl adjacent to an activating group) is 1. The smallest absolute Gasteiger partial charge is 0.260 e. The van der Waals surface area contributed by atoms with E-state index in [0.29, 0.717) is 17.2 Å². The second kappa shape index (κ2) is 7.31. The third-order valence-corrected chi connectivity index (χ3v) is 6.57. The molecule has 0 saturated carbocycles. The maximum absolute atomic E-state index is 12.3. The van der Waals surface area contributed by atoms with Gasteiger partial charge >= 0.3 is 0 Å². The highest BCUT2D eigenvalue weighted by atomic mass is 35.5. The minimum absolute atomic E-state index is 0.0343. The molecule has 0 aliphatic carbocycles. The van der Waals surface area contributed by atoms with Crippen molar-refractivity contribution in [2.45, 2.75) is 39.2 Å². The molecule has 1 aromatic rings. The van der Waals surface area contributed by atoms with Crippen LogP contribution in [0.5, 0.6) is 5.75 Å². The van der Waals surface area contributed by atoms with Crippen molar-refractivity contribution in [3.63, 3.8) is 0 Å². The molecule has 134 valence electrons. The van der Waals surface area contributed by atoms with E-state index in [0.717, 1.165) is 11.1 Å². The van der Waals surface area contributed by atoms with Gasteiger partial charge in [0.1, 0.15) is 5.75 Å². The number of hydrogen-bond acceptors (Lipinski definition) is 4. The number of nitrogens with zero attached hydrogens (tertiary/aromatic N) is 1. The number of carbonyl (C=O) groups excluding carboxylic acids is 1. The molecule has 5 nitrogen and oxygen atoms in total. The van der Waals surface area contributed by atoms with E-state index in [-0.39, 0.29) is 36.0 Å². The second-order valence-electron chi connectivity index (χ2n) is 6.64. The highest BCUT2D eigenvalue weighted by Gasteiger charge is 2.32. The van der Waals surface area contributed by atoms with Crippen molar-refractivity contribution < 1.29 is 17.9 Å². The molecule has 7 heteroatoms. The molecule has 1 aliphatic heterocycles. The van der Waals surface area contributed by atoms with Crippen LogP contribution in [0.1, 0.15) is 37.3 Å². The Bertz CT molecular complexity index is 730. The summed E-state index contributed by atoms with van der Waals surface area (Å²) in [7, 11) is -1.39. The van der Waals surface area contributed by atoms with E-state index in [2.05, 4.69) is 0 Å². The van der Waals surface area contributed by atoms with Crippen LogP contribution in [-0.2, 0) is 14.6 Å². The summed E-state index contributed by atoms with van der Waals surface area (Å²) in [5.41, 5.74) is 1.84. The molecule has 0 spiro atoms. The minimum atomic E-state index is -3.02. The summed E-state index contributed by atoms with van der Waals surface area (Å²) in [6.45, 7) is 5.83. The van der Waals surface area contributed by atoms with Crippen LogP contribution in [0, 0.1) is 6.92 Å².